The largest absolute Gasteiger partial charge is 0.445 e. The van der Waals surface area contributed by atoms with Gasteiger partial charge in [-0.1, -0.05) is 11.8 Å². The zero-order valence-corrected chi connectivity index (χ0v) is 11.3. The summed E-state index contributed by atoms with van der Waals surface area (Å²) in [6.07, 6.45) is 6.50. The van der Waals surface area contributed by atoms with E-state index in [0.29, 0.717) is 23.9 Å². The van der Waals surface area contributed by atoms with Gasteiger partial charge in [0, 0.05) is 18.1 Å². The van der Waals surface area contributed by atoms with Crippen LogP contribution in [0.3, 0.4) is 0 Å². The van der Waals surface area contributed by atoms with Crippen LogP contribution in [-0.4, -0.2) is 30.3 Å². The van der Waals surface area contributed by atoms with Gasteiger partial charge in [-0.15, -0.1) is 0 Å². The van der Waals surface area contributed by atoms with Crippen molar-refractivity contribution in [2.75, 3.05) is 6.26 Å². The van der Waals surface area contributed by atoms with Crippen LogP contribution >= 0.6 is 11.8 Å². The number of rotatable bonds is 3. The lowest BCUT2D eigenvalue weighted by molar-refractivity contribution is 0.0890. The van der Waals surface area contributed by atoms with Gasteiger partial charge < -0.3 is 15.1 Å². The van der Waals surface area contributed by atoms with E-state index < -0.39 is 0 Å². The quantitative estimate of drug-likeness (QED) is 0.822. The Hall–Kier alpha value is -0.940. The molecule has 0 aliphatic carbocycles. The maximum absolute atomic E-state index is 12.0. The average Bonchev–Trinajstić information content (AvgIpc) is 2.96. The van der Waals surface area contributed by atoms with Gasteiger partial charge >= 0.3 is 0 Å². The van der Waals surface area contributed by atoms with Crippen LogP contribution in [0.25, 0.3) is 0 Å². The molecule has 0 spiro atoms. The van der Waals surface area contributed by atoms with Crippen LogP contribution < -0.4 is 10.6 Å². The fraction of sp³-hybridized carbons (Fsp3) is 0.615. The second-order valence-corrected chi connectivity index (χ2v) is 5.91. The van der Waals surface area contributed by atoms with Gasteiger partial charge in [0.1, 0.15) is 0 Å². The first-order valence-corrected chi connectivity index (χ1v) is 7.68. The first kappa shape index (κ1) is 12.1. The molecule has 0 aromatic carbocycles. The molecule has 2 atom stereocenters. The summed E-state index contributed by atoms with van der Waals surface area (Å²) in [4.78, 5) is 12.0. The van der Waals surface area contributed by atoms with Crippen LogP contribution in [0.15, 0.2) is 21.6 Å². The van der Waals surface area contributed by atoms with Crippen molar-refractivity contribution in [3.63, 3.8) is 0 Å². The van der Waals surface area contributed by atoms with E-state index in [4.69, 9.17) is 4.42 Å². The van der Waals surface area contributed by atoms with Crippen molar-refractivity contribution >= 4 is 17.7 Å². The highest BCUT2D eigenvalue weighted by atomic mass is 32.2. The van der Waals surface area contributed by atoms with E-state index >= 15 is 0 Å². The summed E-state index contributed by atoms with van der Waals surface area (Å²) >= 11 is 1.51. The summed E-state index contributed by atoms with van der Waals surface area (Å²) in [6, 6.07) is 5.06. The van der Waals surface area contributed by atoms with Crippen LogP contribution in [0.1, 0.15) is 36.2 Å². The number of furan rings is 1. The molecule has 1 aromatic heterocycles. The third-order valence-corrected chi connectivity index (χ3v) is 4.44. The Balaban J connectivity index is 1.60. The number of amides is 1. The molecule has 98 valence electrons. The molecule has 2 fully saturated rings. The highest BCUT2D eigenvalue weighted by Gasteiger charge is 2.34. The Labute approximate surface area is 111 Å². The Morgan fingerprint density at radius 3 is 2.72 bits per heavy atom. The van der Waals surface area contributed by atoms with Gasteiger partial charge in [0.15, 0.2) is 10.9 Å². The zero-order valence-electron chi connectivity index (χ0n) is 10.4. The number of carbonyl (C=O) groups is 1. The minimum absolute atomic E-state index is 0.0819. The fourth-order valence-electron chi connectivity index (χ4n) is 2.98. The highest BCUT2D eigenvalue weighted by Crippen LogP contribution is 2.27. The first-order chi connectivity index (χ1) is 8.74. The van der Waals surface area contributed by atoms with E-state index in [1.807, 2.05) is 12.3 Å². The number of hydrogen-bond donors (Lipinski definition) is 2. The van der Waals surface area contributed by atoms with Crippen molar-refractivity contribution in [2.24, 2.45) is 0 Å². The van der Waals surface area contributed by atoms with Gasteiger partial charge in [-0.25, -0.2) is 0 Å². The summed E-state index contributed by atoms with van der Waals surface area (Å²) in [5, 5.41) is 7.44. The average molecular weight is 266 g/mol. The third kappa shape index (κ3) is 2.42. The van der Waals surface area contributed by atoms with Crippen LogP contribution in [0.2, 0.25) is 0 Å². The van der Waals surface area contributed by atoms with Crippen LogP contribution in [0.5, 0.6) is 0 Å². The molecule has 5 heteroatoms. The maximum Gasteiger partial charge on any atom is 0.287 e. The van der Waals surface area contributed by atoms with Gasteiger partial charge in [0.05, 0.1) is 0 Å². The van der Waals surface area contributed by atoms with E-state index in [2.05, 4.69) is 10.6 Å². The summed E-state index contributed by atoms with van der Waals surface area (Å²) < 4.78 is 5.44. The number of carbonyl (C=O) groups excluding carboxylic acids is 1. The molecule has 2 saturated heterocycles. The molecule has 1 amide bonds. The monoisotopic (exact) mass is 266 g/mol. The van der Waals surface area contributed by atoms with E-state index in [-0.39, 0.29) is 5.91 Å². The van der Waals surface area contributed by atoms with Gasteiger partial charge in [-0.3, -0.25) is 4.79 Å². The molecular weight excluding hydrogens is 248 g/mol. The second kappa shape index (κ2) is 4.97. The van der Waals surface area contributed by atoms with E-state index in [1.165, 1.54) is 24.6 Å². The molecule has 2 bridgehead atoms. The van der Waals surface area contributed by atoms with Gasteiger partial charge in [-0.2, -0.15) is 0 Å². The number of nitrogens with one attached hydrogen (secondary N) is 2. The summed E-state index contributed by atoms with van der Waals surface area (Å²) in [7, 11) is 0. The molecule has 2 aliphatic rings. The Morgan fingerprint density at radius 1 is 1.39 bits per heavy atom. The molecule has 3 rings (SSSR count). The fourth-order valence-corrected chi connectivity index (χ4v) is 3.36. The van der Waals surface area contributed by atoms with Crippen LogP contribution in [0, 0.1) is 0 Å². The Kier molecular flexibility index (Phi) is 3.35. The first-order valence-electron chi connectivity index (χ1n) is 6.45. The third-order valence-electron chi connectivity index (χ3n) is 3.81. The minimum atomic E-state index is -0.0819. The molecule has 1 aromatic rings. The molecular formula is C13H18N2O2S. The number of hydrogen-bond acceptors (Lipinski definition) is 4. The number of piperidine rings is 1. The summed E-state index contributed by atoms with van der Waals surface area (Å²) in [5.74, 6) is 0.340. The van der Waals surface area contributed by atoms with Crippen molar-refractivity contribution in [3.05, 3.63) is 17.9 Å². The van der Waals surface area contributed by atoms with Gasteiger partial charge in [0.25, 0.3) is 5.91 Å². The minimum Gasteiger partial charge on any atom is -0.445 e. The zero-order chi connectivity index (χ0) is 12.5. The molecule has 0 radical (unpaired) electrons. The lowest BCUT2D eigenvalue weighted by Crippen LogP contribution is -2.47. The molecule has 4 nitrogen and oxygen atoms in total. The Morgan fingerprint density at radius 2 is 2.11 bits per heavy atom. The smallest absolute Gasteiger partial charge is 0.287 e. The predicted octanol–water partition coefficient (Wildman–Crippen LogP) is 2.01. The van der Waals surface area contributed by atoms with Crippen LogP contribution in [0.4, 0.5) is 0 Å². The lowest BCUT2D eigenvalue weighted by atomic mass is 10.00. The SMILES string of the molecule is CSc1ccc(C(=O)NC2CC3CCC(C2)N3)o1. The summed E-state index contributed by atoms with van der Waals surface area (Å²) in [6.45, 7) is 0. The molecule has 0 saturated carbocycles. The standard InChI is InChI=1S/C13H18N2O2S/c1-18-12-5-4-11(17-12)13(16)15-10-6-8-2-3-9(7-10)14-8/h4-5,8-10,14H,2-3,6-7H2,1H3,(H,15,16). The van der Waals surface area contributed by atoms with Crippen molar-refractivity contribution in [1.82, 2.24) is 10.6 Å². The maximum atomic E-state index is 12.0. The molecule has 2 unspecified atom stereocenters. The van der Waals surface area contributed by atoms with E-state index in [9.17, 15) is 4.79 Å². The van der Waals surface area contributed by atoms with Crippen molar-refractivity contribution in [2.45, 2.75) is 48.9 Å². The van der Waals surface area contributed by atoms with Crippen molar-refractivity contribution in [3.8, 4) is 0 Å². The van der Waals surface area contributed by atoms with Crippen LogP contribution in [-0.2, 0) is 0 Å². The Bertz CT molecular complexity index is 434. The predicted molar refractivity (Wildman–Crippen MR) is 70.9 cm³/mol. The number of thioether (sulfide) groups is 1. The molecule has 2 N–H and O–H groups in total. The number of fused-ring (bicyclic) bond motifs is 2. The van der Waals surface area contributed by atoms with Gasteiger partial charge in [-0.05, 0) is 44.1 Å². The van der Waals surface area contributed by atoms with Gasteiger partial charge in [0.2, 0.25) is 0 Å². The van der Waals surface area contributed by atoms with Crippen molar-refractivity contribution < 1.29 is 9.21 Å². The van der Waals surface area contributed by atoms with E-state index in [0.717, 1.165) is 17.9 Å². The summed E-state index contributed by atoms with van der Waals surface area (Å²) in [5.41, 5.74) is 0. The highest BCUT2D eigenvalue weighted by molar-refractivity contribution is 7.98. The molecule has 3 heterocycles. The topological polar surface area (TPSA) is 54.3 Å². The van der Waals surface area contributed by atoms with Crippen molar-refractivity contribution in [1.29, 1.82) is 0 Å². The lowest BCUT2D eigenvalue weighted by Gasteiger charge is -2.29. The normalized spacial score (nSPS) is 30.4. The molecule has 2 aliphatic heterocycles. The van der Waals surface area contributed by atoms with E-state index in [1.54, 1.807) is 6.07 Å². The molecule has 18 heavy (non-hydrogen) atoms. The second-order valence-electron chi connectivity index (χ2n) is 5.10.